The summed E-state index contributed by atoms with van der Waals surface area (Å²) in [4.78, 5) is 0. The highest BCUT2D eigenvalue weighted by molar-refractivity contribution is 6.35. The molecule has 2 heteroatoms. The highest BCUT2D eigenvalue weighted by Crippen LogP contribution is 2.46. The van der Waals surface area contributed by atoms with E-state index in [9.17, 15) is 0 Å². The van der Waals surface area contributed by atoms with Crippen LogP contribution in [0.1, 0.15) is 0 Å². The van der Waals surface area contributed by atoms with Gasteiger partial charge in [0.15, 0.2) is 0 Å². The number of hydrogen-bond donors (Lipinski definition) is 0. The van der Waals surface area contributed by atoms with E-state index < -0.39 is 11.6 Å². The lowest BCUT2D eigenvalue weighted by atomic mass is 9.86. The second-order valence-electron chi connectivity index (χ2n) is 14.1. The van der Waals surface area contributed by atoms with Crippen LogP contribution in [0.15, 0.2) is 158 Å². The average molecular weight is 665 g/mol. The third-order valence-corrected chi connectivity index (χ3v) is 11.7. The second-order valence-corrected chi connectivity index (χ2v) is 14.1. The van der Waals surface area contributed by atoms with Gasteiger partial charge in [-0.15, -0.1) is 0 Å². The summed E-state index contributed by atoms with van der Waals surface area (Å²) >= 11 is 0. The smallest absolute Gasteiger partial charge is 0.141 e. The molecule has 0 radical (unpaired) electrons. The monoisotopic (exact) mass is 664 g/mol. The molecule has 240 valence electrons. The maximum Gasteiger partial charge on any atom is 0.141 e. The van der Waals surface area contributed by atoms with Crippen molar-refractivity contribution >= 4 is 97.0 Å². The van der Waals surface area contributed by atoms with E-state index >= 15 is 8.78 Å². The quantitative estimate of drug-likeness (QED) is 0.127. The highest BCUT2D eigenvalue weighted by atomic mass is 19.1. The van der Waals surface area contributed by atoms with Crippen LogP contribution in [0.25, 0.3) is 119 Å². The first-order valence-corrected chi connectivity index (χ1v) is 17.7. The number of fused-ring (bicyclic) bond motifs is 5. The number of rotatable bonds is 2. The second kappa shape index (κ2) is 9.99. The van der Waals surface area contributed by atoms with Crippen molar-refractivity contribution in [3.05, 3.63) is 169 Å². The molecule has 0 amide bonds. The molecule has 0 aliphatic rings. The summed E-state index contributed by atoms with van der Waals surface area (Å²) in [6, 6.07) is 53.8. The van der Waals surface area contributed by atoms with E-state index in [-0.39, 0.29) is 5.39 Å². The minimum absolute atomic E-state index is 0.0150. The maximum atomic E-state index is 17.1. The molecule has 12 aromatic carbocycles. The summed E-state index contributed by atoms with van der Waals surface area (Å²) < 4.78 is 34.2. The van der Waals surface area contributed by atoms with Crippen LogP contribution in [0.2, 0.25) is 0 Å². The molecule has 0 unspecified atom stereocenters. The van der Waals surface area contributed by atoms with Crippen molar-refractivity contribution in [2.24, 2.45) is 0 Å². The van der Waals surface area contributed by atoms with Crippen molar-refractivity contribution in [1.82, 2.24) is 0 Å². The summed E-state index contributed by atoms with van der Waals surface area (Å²) in [5, 5.41) is 18.8. The molecule has 0 saturated carbocycles. The lowest BCUT2D eigenvalue weighted by Crippen LogP contribution is -1.95. The van der Waals surface area contributed by atoms with Crippen LogP contribution in [-0.2, 0) is 0 Å². The maximum absolute atomic E-state index is 17.1. The normalized spacial score (nSPS) is 12.4. The predicted molar refractivity (Wildman–Crippen MR) is 217 cm³/mol. The molecule has 0 saturated heterocycles. The fourth-order valence-electron chi connectivity index (χ4n) is 9.51. The first kappa shape index (κ1) is 28.1. The molecular weight excluding hydrogens is 639 g/mol. The minimum atomic E-state index is -0.542. The topological polar surface area (TPSA) is 0 Å². The van der Waals surface area contributed by atoms with Gasteiger partial charge in [-0.1, -0.05) is 158 Å². The molecular formula is C50H26F2. The Morgan fingerprint density at radius 2 is 0.500 bits per heavy atom. The lowest BCUT2D eigenvalue weighted by molar-refractivity contribution is 0.612. The van der Waals surface area contributed by atoms with Crippen molar-refractivity contribution in [3.8, 4) is 22.3 Å². The third-order valence-electron chi connectivity index (χ3n) is 11.7. The molecule has 12 aromatic rings. The van der Waals surface area contributed by atoms with E-state index in [1.807, 2.05) is 36.4 Å². The van der Waals surface area contributed by atoms with Crippen LogP contribution in [0, 0.1) is 11.6 Å². The largest absolute Gasteiger partial charge is 0.206 e. The Balaban J connectivity index is 1.11. The van der Waals surface area contributed by atoms with E-state index in [1.54, 1.807) is 12.1 Å². The number of hydrogen-bond acceptors (Lipinski definition) is 0. The lowest BCUT2D eigenvalue weighted by Gasteiger charge is -2.18. The molecule has 0 aliphatic carbocycles. The molecule has 0 aliphatic heterocycles. The van der Waals surface area contributed by atoms with Gasteiger partial charge < -0.3 is 0 Å². The van der Waals surface area contributed by atoms with Crippen molar-refractivity contribution in [3.63, 3.8) is 0 Å². The zero-order valence-electron chi connectivity index (χ0n) is 27.8. The molecule has 0 fully saturated rings. The third kappa shape index (κ3) is 3.49. The number of halogens is 2. The molecule has 0 spiro atoms. The Labute approximate surface area is 296 Å². The molecule has 0 aromatic heterocycles. The average Bonchev–Trinajstić information content (AvgIpc) is 3.19. The van der Waals surface area contributed by atoms with Crippen molar-refractivity contribution in [2.45, 2.75) is 0 Å². The standard InChI is InChI=1S/C50H26F2/c51-49-42(30-23-25-40-36-13-3-9-27-7-1-11-34(44(27)36)38-17-5-15-32(30)47(38)40)21-19-29-20-22-43(50(52)46(29)49)31-24-26-41-37-14-4-10-28-8-2-12-35(45(28)37)39-18-6-16-33(31)48(39)41/h1-26H. The summed E-state index contributed by atoms with van der Waals surface area (Å²) in [7, 11) is 0. The Kier molecular flexibility index (Phi) is 5.40. The van der Waals surface area contributed by atoms with Crippen LogP contribution in [0.5, 0.6) is 0 Å². The van der Waals surface area contributed by atoms with E-state index in [0.717, 1.165) is 54.2 Å². The fraction of sp³-hybridized carbons (Fsp3) is 0. The van der Waals surface area contributed by atoms with Crippen molar-refractivity contribution in [1.29, 1.82) is 0 Å². The summed E-state index contributed by atoms with van der Waals surface area (Å²) in [6.45, 7) is 0. The summed E-state index contributed by atoms with van der Waals surface area (Å²) in [6.07, 6.45) is 0. The Morgan fingerprint density at radius 3 is 0.904 bits per heavy atom. The van der Waals surface area contributed by atoms with Crippen LogP contribution in [0.4, 0.5) is 8.78 Å². The van der Waals surface area contributed by atoms with Crippen LogP contribution >= 0.6 is 0 Å². The van der Waals surface area contributed by atoms with Gasteiger partial charge in [-0.05, 0) is 103 Å². The van der Waals surface area contributed by atoms with Gasteiger partial charge >= 0.3 is 0 Å². The van der Waals surface area contributed by atoms with E-state index in [0.29, 0.717) is 16.5 Å². The first-order chi connectivity index (χ1) is 25.7. The van der Waals surface area contributed by atoms with Crippen molar-refractivity contribution < 1.29 is 8.78 Å². The zero-order chi connectivity index (χ0) is 34.2. The summed E-state index contributed by atoms with van der Waals surface area (Å²) in [5.74, 6) is -1.08. The predicted octanol–water partition coefficient (Wildman–Crippen LogP) is 14.6. The van der Waals surface area contributed by atoms with E-state index in [4.69, 9.17) is 0 Å². The Morgan fingerprint density at radius 1 is 0.212 bits per heavy atom. The molecule has 12 rings (SSSR count). The summed E-state index contributed by atoms with van der Waals surface area (Å²) in [5.41, 5.74) is 2.30. The van der Waals surface area contributed by atoms with Gasteiger partial charge in [0.1, 0.15) is 11.6 Å². The van der Waals surface area contributed by atoms with Crippen molar-refractivity contribution in [2.75, 3.05) is 0 Å². The molecule has 0 atom stereocenters. The fourth-order valence-corrected chi connectivity index (χ4v) is 9.51. The van der Waals surface area contributed by atoms with Gasteiger partial charge in [0.25, 0.3) is 0 Å². The molecule has 0 N–H and O–H groups in total. The molecule has 52 heavy (non-hydrogen) atoms. The van der Waals surface area contributed by atoms with Crippen LogP contribution in [-0.4, -0.2) is 0 Å². The first-order valence-electron chi connectivity index (χ1n) is 17.7. The molecule has 0 heterocycles. The highest BCUT2D eigenvalue weighted by Gasteiger charge is 2.22. The van der Waals surface area contributed by atoms with Gasteiger partial charge in [0, 0.05) is 11.1 Å². The van der Waals surface area contributed by atoms with E-state index in [2.05, 4.69) is 109 Å². The minimum Gasteiger partial charge on any atom is -0.206 e. The zero-order valence-corrected chi connectivity index (χ0v) is 27.8. The molecule has 0 bridgehead atoms. The van der Waals surface area contributed by atoms with Gasteiger partial charge in [-0.2, -0.15) is 0 Å². The van der Waals surface area contributed by atoms with Crippen LogP contribution in [0.3, 0.4) is 0 Å². The van der Waals surface area contributed by atoms with E-state index in [1.165, 1.54) is 43.1 Å². The van der Waals surface area contributed by atoms with Gasteiger partial charge in [-0.25, -0.2) is 8.78 Å². The van der Waals surface area contributed by atoms with Gasteiger partial charge in [-0.3, -0.25) is 0 Å². The van der Waals surface area contributed by atoms with Crippen LogP contribution < -0.4 is 0 Å². The number of benzene rings is 12. The van der Waals surface area contributed by atoms with Gasteiger partial charge in [0.2, 0.25) is 0 Å². The SMILES string of the molecule is Fc1c(-c2ccc3c4cccc5cccc(c6cccc2c63)c54)ccc2ccc(-c3ccc4c5cccc6cccc(c7cccc3c74)c65)c(F)c12. The van der Waals surface area contributed by atoms with Gasteiger partial charge in [0.05, 0.1) is 5.39 Å². The Hall–Kier alpha value is -6.64. The molecule has 0 nitrogen and oxygen atoms in total. The Bertz CT molecular complexity index is 3150.